The predicted molar refractivity (Wildman–Crippen MR) is 128 cm³/mol. The highest BCUT2D eigenvalue weighted by molar-refractivity contribution is 7.14. The Hall–Kier alpha value is -3.85. The van der Waals surface area contributed by atoms with Crippen molar-refractivity contribution in [2.75, 3.05) is 11.4 Å². The number of amides is 2. The number of hydrogen-bond donors (Lipinski definition) is 2. The average molecular weight is 464 g/mol. The number of thiazole rings is 1. The molecule has 9 heteroatoms. The molecule has 0 saturated carbocycles. The second-order valence-corrected chi connectivity index (χ2v) is 8.13. The van der Waals surface area contributed by atoms with Crippen molar-refractivity contribution in [1.29, 1.82) is 0 Å². The fraction of sp³-hybridized carbons (Fsp3) is 0.167. The van der Waals surface area contributed by atoms with Crippen LogP contribution in [-0.2, 0) is 16.0 Å². The largest absolute Gasteiger partial charge is 0.353 e. The molecule has 7 nitrogen and oxygen atoms in total. The average Bonchev–Trinajstić information content (AvgIpc) is 3.43. The molecule has 0 bridgehead atoms. The van der Waals surface area contributed by atoms with Gasteiger partial charge in [0.05, 0.1) is 22.4 Å². The number of carbonyl (C=O) groups is 2. The van der Waals surface area contributed by atoms with Crippen LogP contribution in [0, 0.1) is 5.82 Å². The number of aryl methyl sites for hydroxylation is 1. The molecule has 0 radical (unpaired) electrons. The summed E-state index contributed by atoms with van der Waals surface area (Å²) in [6.45, 7) is 1.86. The normalized spacial score (nSPS) is 11.2. The quantitative estimate of drug-likeness (QED) is 0.295. The number of benzene rings is 2. The Bertz CT molecular complexity index is 1280. The molecule has 2 aromatic carbocycles. The molecular weight excluding hydrogens is 441 g/mol. The molecule has 0 atom stereocenters. The summed E-state index contributed by atoms with van der Waals surface area (Å²) in [7, 11) is 0. The highest BCUT2D eigenvalue weighted by Crippen LogP contribution is 2.30. The van der Waals surface area contributed by atoms with E-state index in [1.54, 1.807) is 23.6 Å². The first-order chi connectivity index (χ1) is 16.0. The number of nitrogens with zero attached hydrogens (tertiary/aromatic N) is 3. The number of H-pyrrole nitrogens is 1. The van der Waals surface area contributed by atoms with Crippen molar-refractivity contribution in [3.05, 3.63) is 77.3 Å². The van der Waals surface area contributed by atoms with Gasteiger partial charge in [-0.05, 0) is 36.8 Å². The maximum atomic E-state index is 14.2. The van der Waals surface area contributed by atoms with Crippen molar-refractivity contribution < 1.29 is 14.0 Å². The van der Waals surface area contributed by atoms with Crippen LogP contribution >= 0.6 is 11.3 Å². The fourth-order valence-corrected chi connectivity index (χ4v) is 4.16. The smallest absolute Gasteiger partial charge is 0.244 e. The molecule has 0 aliphatic carbocycles. The van der Waals surface area contributed by atoms with Crippen LogP contribution in [0.4, 0.5) is 15.2 Å². The summed E-state index contributed by atoms with van der Waals surface area (Å²) in [5.41, 5.74) is 2.58. The van der Waals surface area contributed by atoms with Crippen LogP contribution in [0.3, 0.4) is 0 Å². The van der Waals surface area contributed by atoms with Crippen molar-refractivity contribution in [2.45, 2.75) is 19.8 Å². The number of aromatic nitrogens is 3. The first kappa shape index (κ1) is 22.3. The van der Waals surface area contributed by atoms with Crippen LogP contribution in [0.5, 0.6) is 0 Å². The number of aromatic amines is 1. The van der Waals surface area contributed by atoms with Crippen LogP contribution in [-0.4, -0.2) is 33.3 Å². The summed E-state index contributed by atoms with van der Waals surface area (Å²) in [6, 6.07) is 13.9. The zero-order valence-corrected chi connectivity index (χ0v) is 18.7. The Labute approximate surface area is 194 Å². The lowest BCUT2D eigenvalue weighted by Crippen LogP contribution is -2.23. The molecule has 2 amide bonds. The number of para-hydroxylation sites is 3. The van der Waals surface area contributed by atoms with Gasteiger partial charge in [0.25, 0.3) is 0 Å². The maximum Gasteiger partial charge on any atom is 0.244 e. The van der Waals surface area contributed by atoms with Gasteiger partial charge in [-0.25, -0.2) is 14.4 Å². The first-order valence-corrected chi connectivity index (χ1v) is 11.3. The zero-order valence-electron chi connectivity index (χ0n) is 17.9. The molecule has 0 aliphatic heterocycles. The van der Waals surface area contributed by atoms with E-state index in [0.29, 0.717) is 17.4 Å². The molecule has 2 heterocycles. The topological polar surface area (TPSA) is 91.0 Å². The standard InChI is InChI=1S/C24H22FN5O2S/c1-16(31)30(21-10-5-2-7-18(21)25)24-27-17(15-33-24)12-13-23(32)26-14-6-11-22-28-19-8-3-4-9-20(19)29-22/h2-5,7-10,12-13,15H,6,11,14H2,1H3,(H,26,32)(H,28,29)/b13-12+. The van der Waals surface area contributed by atoms with E-state index in [2.05, 4.69) is 20.3 Å². The van der Waals surface area contributed by atoms with Crippen molar-refractivity contribution in [1.82, 2.24) is 20.3 Å². The molecule has 2 aromatic heterocycles. The molecule has 168 valence electrons. The molecule has 4 aromatic rings. The third-order valence-electron chi connectivity index (χ3n) is 4.84. The molecule has 0 spiro atoms. The maximum absolute atomic E-state index is 14.2. The van der Waals surface area contributed by atoms with E-state index in [1.165, 1.54) is 41.4 Å². The van der Waals surface area contributed by atoms with E-state index in [-0.39, 0.29) is 17.5 Å². The second kappa shape index (κ2) is 10.2. The van der Waals surface area contributed by atoms with Gasteiger partial charge in [0.2, 0.25) is 11.8 Å². The summed E-state index contributed by atoms with van der Waals surface area (Å²) in [5, 5.41) is 4.87. The summed E-state index contributed by atoms with van der Waals surface area (Å²) in [6.07, 6.45) is 4.43. The van der Waals surface area contributed by atoms with Crippen molar-refractivity contribution >= 4 is 51.1 Å². The molecule has 4 rings (SSSR count). The van der Waals surface area contributed by atoms with Gasteiger partial charge in [0.15, 0.2) is 5.13 Å². The summed E-state index contributed by atoms with van der Waals surface area (Å²) >= 11 is 1.20. The minimum absolute atomic E-state index is 0.136. The van der Waals surface area contributed by atoms with Crippen molar-refractivity contribution in [3.8, 4) is 0 Å². The van der Waals surface area contributed by atoms with Gasteiger partial charge in [0.1, 0.15) is 11.6 Å². The predicted octanol–water partition coefficient (Wildman–Crippen LogP) is 4.61. The molecule has 0 fully saturated rings. The molecule has 0 unspecified atom stereocenters. The van der Waals surface area contributed by atoms with Crippen LogP contribution < -0.4 is 10.2 Å². The monoisotopic (exact) mass is 463 g/mol. The number of anilines is 2. The van der Waals surface area contributed by atoms with E-state index in [9.17, 15) is 14.0 Å². The number of nitrogens with one attached hydrogen (secondary N) is 2. The first-order valence-electron chi connectivity index (χ1n) is 10.4. The molecule has 2 N–H and O–H groups in total. The third-order valence-corrected chi connectivity index (χ3v) is 5.69. The van der Waals surface area contributed by atoms with E-state index >= 15 is 0 Å². The number of imidazole rings is 1. The Morgan fingerprint density at radius 2 is 1.94 bits per heavy atom. The Morgan fingerprint density at radius 3 is 2.73 bits per heavy atom. The SMILES string of the molecule is CC(=O)N(c1nc(/C=C/C(=O)NCCCc2nc3ccccc3[nH]2)cs1)c1ccccc1F. The van der Waals surface area contributed by atoms with E-state index in [1.807, 2.05) is 24.3 Å². The van der Waals surface area contributed by atoms with E-state index < -0.39 is 5.82 Å². The lowest BCUT2D eigenvalue weighted by molar-refractivity contribution is -0.117. The number of halogens is 1. The summed E-state index contributed by atoms with van der Waals surface area (Å²) in [4.78, 5) is 37.6. The third kappa shape index (κ3) is 5.50. The van der Waals surface area contributed by atoms with Crippen molar-refractivity contribution in [3.63, 3.8) is 0 Å². The van der Waals surface area contributed by atoms with Crippen LogP contribution in [0.2, 0.25) is 0 Å². The fourth-order valence-electron chi connectivity index (χ4n) is 3.31. The zero-order chi connectivity index (χ0) is 23.2. The molecule has 0 aliphatic rings. The lowest BCUT2D eigenvalue weighted by atomic mass is 10.3. The minimum atomic E-state index is -0.512. The van der Waals surface area contributed by atoms with Gasteiger partial charge in [-0.2, -0.15) is 0 Å². The van der Waals surface area contributed by atoms with Crippen molar-refractivity contribution in [2.24, 2.45) is 0 Å². The van der Waals surface area contributed by atoms with Crippen LogP contribution in [0.25, 0.3) is 17.1 Å². The Morgan fingerprint density at radius 1 is 1.15 bits per heavy atom. The Balaban J connectivity index is 1.30. The molecular formula is C24H22FN5O2S. The second-order valence-electron chi connectivity index (χ2n) is 7.29. The van der Waals surface area contributed by atoms with Gasteiger partial charge in [-0.15, -0.1) is 11.3 Å². The number of hydrogen-bond acceptors (Lipinski definition) is 5. The van der Waals surface area contributed by atoms with E-state index in [0.717, 1.165) is 29.7 Å². The van der Waals surface area contributed by atoms with Gasteiger partial charge < -0.3 is 10.3 Å². The lowest BCUT2D eigenvalue weighted by Gasteiger charge is -2.18. The van der Waals surface area contributed by atoms with E-state index in [4.69, 9.17) is 0 Å². The van der Waals surface area contributed by atoms with Crippen LogP contribution in [0.15, 0.2) is 60.0 Å². The van der Waals surface area contributed by atoms with Gasteiger partial charge in [0, 0.05) is 31.3 Å². The number of rotatable bonds is 8. The highest BCUT2D eigenvalue weighted by Gasteiger charge is 2.20. The summed E-state index contributed by atoms with van der Waals surface area (Å²) in [5.74, 6) is -0.221. The molecule has 33 heavy (non-hydrogen) atoms. The summed E-state index contributed by atoms with van der Waals surface area (Å²) < 4.78 is 14.2. The van der Waals surface area contributed by atoms with Gasteiger partial charge >= 0.3 is 0 Å². The van der Waals surface area contributed by atoms with Gasteiger partial charge in [-0.3, -0.25) is 14.5 Å². The Kier molecular flexibility index (Phi) is 6.89. The van der Waals surface area contributed by atoms with Gasteiger partial charge in [-0.1, -0.05) is 24.3 Å². The molecule has 0 saturated heterocycles. The number of carbonyl (C=O) groups excluding carboxylic acids is 2. The highest BCUT2D eigenvalue weighted by atomic mass is 32.1. The van der Waals surface area contributed by atoms with Crippen LogP contribution in [0.1, 0.15) is 24.9 Å². The minimum Gasteiger partial charge on any atom is -0.353 e. The number of fused-ring (bicyclic) bond motifs is 1.